The Balaban J connectivity index is 1.52. The maximum absolute atomic E-state index is 3.93. The van der Waals surface area contributed by atoms with Gasteiger partial charge in [0.15, 0.2) is 0 Å². The summed E-state index contributed by atoms with van der Waals surface area (Å²) in [5, 5.41) is 6.90. The van der Waals surface area contributed by atoms with E-state index in [9.17, 15) is 0 Å². The minimum atomic E-state index is 0.548. The first-order chi connectivity index (χ1) is 9.79. The molecule has 2 heterocycles. The van der Waals surface area contributed by atoms with Gasteiger partial charge in [-0.1, -0.05) is 31.2 Å². The van der Waals surface area contributed by atoms with Crippen molar-refractivity contribution in [1.29, 1.82) is 0 Å². The lowest BCUT2D eigenvalue weighted by Crippen LogP contribution is -2.35. The van der Waals surface area contributed by atoms with Crippen molar-refractivity contribution in [3.63, 3.8) is 0 Å². The smallest absolute Gasteiger partial charge is 0.0649 e. The highest BCUT2D eigenvalue weighted by molar-refractivity contribution is 8.01. The van der Waals surface area contributed by atoms with Crippen molar-refractivity contribution in [1.82, 2.24) is 5.32 Å². The molecular formula is C17H19NS2. The highest BCUT2D eigenvalue weighted by atomic mass is 32.2. The largest absolute Gasteiger partial charge is 0.306 e. The van der Waals surface area contributed by atoms with Crippen molar-refractivity contribution < 1.29 is 0 Å². The number of benzene rings is 1. The first-order valence-corrected chi connectivity index (χ1v) is 9.12. The Hall–Kier alpha value is -0.770. The molecular weight excluding hydrogens is 282 g/mol. The van der Waals surface area contributed by atoms with Gasteiger partial charge in [-0.25, -0.2) is 0 Å². The molecule has 0 saturated heterocycles. The zero-order valence-electron chi connectivity index (χ0n) is 11.6. The Bertz CT molecular complexity index is 594. The van der Waals surface area contributed by atoms with Gasteiger partial charge in [0.05, 0.1) is 4.21 Å². The number of rotatable bonds is 2. The summed E-state index contributed by atoms with van der Waals surface area (Å²) in [4.78, 5) is 0. The standard InChI is InChI=1S/C17H19NS2/c1-11-8-16(15-6-7-19-17(15)20-11)18-14-9-12-4-2-3-5-13(12)10-14/h2-7,11,14,16,18H,8-10H2,1H3/t11-,16?/m0/s1. The highest BCUT2D eigenvalue weighted by Gasteiger charge is 2.30. The molecule has 20 heavy (non-hydrogen) atoms. The molecule has 0 bridgehead atoms. The van der Waals surface area contributed by atoms with Gasteiger partial charge in [0, 0.05) is 17.3 Å². The molecule has 1 aromatic heterocycles. The third kappa shape index (κ3) is 2.32. The second-order valence-corrected chi connectivity index (χ2v) is 8.54. The van der Waals surface area contributed by atoms with Gasteiger partial charge >= 0.3 is 0 Å². The van der Waals surface area contributed by atoms with Crippen LogP contribution in [0.2, 0.25) is 0 Å². The molecule has 4 rings (SSSR count). The maximum atomic E-state index is 3.93. The zero-order valence-corrected chi connectivity index (χ0v) is 13.3. The van der Waals surface area contributed by atoms with E-state index < -0.39 is 0 Å². The molecule has 1 aliphatic heterocycles. The van der Waals surface area contributed by atoms with E-state index in [4.69, 9.17) is 0 Å². The molecule has 2 aliphatic rings. The third-order valence-corrected chi connectivity index (χ3v) is 6.74. The zero-order chi connectivity index (χ0) is 13.5. The minimum absolute atomic E-state index is 0.548. The summed E-state index contributed by atoms with van der Waals surface area (Å²) in [6.45, 7) is 2.35. The SMILES string of the molecule is C[C@H]1CC(NC2Cc3ccccc3C2)c2ccsc2S1. The fourth-order valence-electron chi connectivity index (χ4n) is 3.47. The quantitative estimate of drug-likeness (QED) is 0.880. The molecule has 0 saturated carbocycles. The van der Waals surface area contributed by atoms with E-state index >= 15 is 0 Å². The van der Waals surface area contributed by atoms with Crippen molar-refractivity contribution in [2.75, 3.05) is 0 Å². The molecule has 1 aromatic carbocycles. The summed E-state index contributed by atoms with van der Waals surface area (Å²) in [5.74, 6) is 0. The molecule has 1 N–H and O–H groups in total. The van der Waals surface area contributed by atoms with Crippen LogP contribution in [0.3, 0.4) is 0 Å². The average molecular weight is 301 g/mol. The van der Waals surface area contributed by atoms with Gasteiger partial charge in [0.1, 0.15) is 0 Å². The fourth-order valence-corrected chi connectivity index (χ4v) is 6.04. The van der Waals surface area contributed by atoms with Crippen molar-refractivity contribution in [3.8, 4) is 0 Å². The molecule has 0 spiro atoms. The van der Waals surface area contributed by atoms with Gasteiger partial charge in [-0.2, -0.15) is 0 Å². The van der Waals surface area contributed by atoms with Gasteiger partial charge in [-0.3, -0.25) is 0 Å². The summed E-state index contributed by atoms with van der Waals surface area (Å²) in [7, 11) is 0. The molecule has 0 fully saturated rings. The Morgan fingerprint density at radius 2 is 1.85 bits per heavy atom. The summed E-state index contributed by atoms with van der Waals surface area (Å²) >= 11 is 3.95. The number of fused-ring (bicyclic) bond motifs is 2. The van der Waals surface area contributed by atoms with Crippen molar-refractivity contribution in [3.05, 3.63) is 52.4 Å². The van der Waals surface area contributed by atoms with Crippen LogP contribution in [0.15, 0.2) is 39.9 Å². The van der Waals surface area contributed by atoms with Crippen LogP contribution in [0.1, 0.15) is 36.1 Å². The van der Waals surface area contributed by atoms with Crippen molar-refractivity contribution >= 4 is 23.1 Å². The van der Waals surface area contributed by atoms with Crippen LogP contribution in [-0.2, 0) is 12.8 Å². The van der Waals surface area contributed by atoms with Crippen molar-refractivity contribution in [2.24, 2.45) is 0 Å². The second kappa shape index (κ2) is 5.21. The Labute approximate surface area is 128 Å². The van der Waals surface area contributed by atoms with E-state index in [1.54, 1.807) is 0 Å². The molecule has 0 amide bonds. The predicted octanol–water partition coefficient (Wildman–Crippen LogP) is 4.43. The topological polar surface area (TPSA) is 12.0 Å². The third-order valence-electron chi connectivity index (χ3n) is 4.40. The highest BCUT2D eigenvalue weighted by Crippen LogP contribution is 2.44. The summed E-state index contributed by atoms with van der Waals surface area (Å²) in [6, 6.07) is 12.4. The average Bonchev–Trinajstić information content (AvgIpc) is 3.03. The number of hydrogen-bond acceptors (Lipinski definition) is 3. The van der Waals surface area contributed by atoms with Crippen LogP contribution in [0.5, 0.6) is 0 Å². The van der Waals surface area contributed by atoms with Crippen LogP contribution >= 0.6 is 23.1 Å². The molecule has 1 unspecified atom stereocenters. The molecule has 104 valence electrons. The normalized spacial score (nSPS) is 25.4. The van der Waals surface area contributed by atoms with E-state index in [1.165, 1.54) is 40.2 Å². The Morgan fingerprint density at radius 3 is 2.60 bits per heavy atom. The lowest BCUT2D eigenvalue weighted by atomic mass is 10.0. The number of nitrogens with one attached hydrogen (secondary N) is 1. The first-order valence-electron chi connectivity index (χ1n) is 7.36. The number of thioether (sulfide) groups is 1. The van der Waals surface area contributed by atoms with E-state index in [0.29, 0.717) is 12.1 Å². The molecule has 0 radical (unpaired) electrons. The summed E-state index contributed by atoms with van der Waals surface area (Å²) in [5.41, 5.74) is 4.61. The van der Waals surface area contributed by atoms with Crippen LogP contribution in [0.4, 0.5) is 0 Å². The van der Waals surface area contributed by atoms with Gasteiger partial charge in [-0.15, -0.1) is 23.1 Å². The van der Waals surface area contributed by atoms with Gasteiger partial charge < -0.3 is 5.32 Å². The van der Waals surface area contributed by atoms with Crippen LogP contribution < -0.4 is 5.32 Å². The van der Waals surface area contributed by atoms with Gasteiger partial charge in [-0.05, 0) is 47.4 Å². The van der Waals surface area contributed by atoms with Gasteiger partial charge in [0.2, 0.25) is 0 Å². The Kier molecular flexibility index (Phi) is 3.37. The van der Waals surface area contributed by atoms with Gasteiger partial charge in [0.25, 0.3) is 0 Å². The molecule has 3 heteroatoms. The lowest BCUT2D eigenvalue weighted by Gasteiger charge is -2.30. The predicted molar refractivity (Wildman–Crippen MR) is 87.8 cm³/mol. The number of thiophene rings is 1. The Morgan fingerprint density at radius 1 is 1.10 bits per heavy atom. The molecule has 1 aliphatic carbocycles. The fraction of sp³-hybridized carbons (Fsp3) is 0.412. The first kappa shape index (κ1) is 12.9. The van der Waals surface area contributed by atoms with E-state index in [-0.39, 0.29) is 0 Å². The monoisotopic (exact) mass is 301 g/mol. The number of hydrogen-bond donors (Lipinski definition) is 1. The molecule has 2 atom stereocenters. The van der Waals surface area contributed by atoms with Crippen LogP contribution in [0, 0.1) is 0 Å². The van der Waals surface area contributed by atoms with E-state index in [2.05, 4.69) is 48.0 Å². The minimum Gasteiger partial charge on any atom is -0.306 e. The second-order valence-electron chi connectivity index (χ2n) is 5.92. The molecule has 2 aromatic rings. The summed E-state index contributed by atoms with van der Waals surface area (Å²) in [6.07, 6.45) is 3.63. The van der Waals surface area contributed by atoms with E-state index in [0.717, 1.165) is 5.25 Å². The van der Waals surface area contributed by atoms with E-state index in [1.807, 2.05) is 23.1 Å². The van der Waals surface area contributed by atoms with Crippen molar-refractivity contribution in [2.45, 2.75) is 47.7 Å². The summed E-state index contributed by atoms with van der Waals surface area (Å²) < 4.78 is 1.52. The molecule has 1 nitrogen and oxygen atoms in total. The van der Waals surface area contributed by atoms with Crippen LogP contribution in [-0.4, -0.2) is 11.3 Å². The maximum Gasteiger partial charge on any atom is 0.0649 e. The lowest BCUT2D eigenvalue weighted by molar-refractivity contribution is 0.418. The van der Waals surface area contributed by atoms with Crippen LogP contribution in [0.25, 0.3) is 0 Å².